The second-order valence-corrected chi connectivity index (χ2v) is 9.41. The lowest BCUT2D eigenvalue weighted by molar-refractivity contribution is 0.140. The number of aliphatic imine (C=N–C) groups is 1. The van der Waals surface area contributed by atoms with Gasteiger partial charge in [0.15, 0.2) is 5.58 Å². The molecule has 0 aromatic carbocycles. The first kappa shape index (κ1) is 20.7. The topological polar surface area (TPSA) is 67.0 Å². The van der Waals surface area contributed by atoms with E-state index in [0.29, 0.717) is 17.7 Å². The molecule has 172 valence electrons. The highest BCUT2D eigenvalue weighted by Gasteiger charge is 2.32. The van der Waals surface area contributed by atoms with Crippen molar-refractivity contribution in [2.24, 2.45) is 10.9 Å². The monoisotopic (exact) mass is 445 g/mol. The summed E-state index contributed by atoms with van der Waals surface area (Å²) in [5, 5.41) is 0. The predicted molar refractivity (Wildman–Crippen MR) is 130 cm³/mol. The van der Waals surface area contributed by atoms with Gasteiger partial charge in [-0.25, -0.2) is 4.98 Å². The number of allylic oxidation sites excluding steroid dienone is 3. The van der Waals surface area contributed by atoms with Crippen molar-refractivity contribution in [1.29, 1.82) is 0 Å². The van der Waals surface area contributed by atoms with E-state index in [0.717, 1.165) is 35.6 Å². The van der Waals surface area contributed by atoms with Crippen LogP contribution in [0.5, 0.6) is 0 Å². The van der Waals surface area contributed by atoms with Crippen LogP contribution in [0.1, 0.15) is 37.7 Å². The van der Waals surface area contributed by atoms with E-state index in [2.05, 4.69) is 39.1 Å². The smallest absolute Gasteiger partial charge is 0.299 e. The molecule has 0 spiro atoms. The van der Waals surface area contributed by atoms with Crippen LogP contribution in [0, 0.1) is 5.92 Å². The molecule has 7 heteroatoms. The van der Waals surface area contributed by atoms with Gasteiger partial charge in [-0.3, -0.25) is 4.99 Å². The summed E-state index contributed by atoms with van der Waals surface area (Å²) in [6.45, 7) is 4.50. The first-order chi connectivity index (χ1) is 16.3. The molecule has 33 heavy (non-hydrogen) atoms. The molecule has 5 heterocycles. The predicted octanol–water partition coefficient (Wildman–Crippen LogP) is 4.23. The van der Waals surface area contributed by atoms with Crippen molar-refractivity contribution in [2.45, 2.75) is 44.2 Å². The van der Waals surface area contributed by atoms with Crippen LogP contribution < -0.4 is 4.90 Å². The van der Waals surface area contributed by atoms with Crippen molar-refractivity contribution in [3.05, 3.63) is 47.9 Å². The van der Waals surface area contributed by atoms with Gasteiger partial charge in [-0.1, -0.05) is 24.6 Å². The zero-order valence-corrected chi connectivity index (χ0v) is 19.2. The Bertz CT molecular complexity index is 1130. The van der Waals surface area contributed by atoms with Crippen LogP contribution in [0.3, 0.4) is 0 Å². The first-order valence-electron chi connectivity index (χ1n) is 12.2. The van der Waals surface area contributed by atoms with Crippen molar-refractivity contribution in [2.75, 3.05) is 38.2 Å². The number of likely N-dealkylation sites (tertiary alicyclic amines) is 1. The van der Waals surface area contributed by atoms with Gasteiger partial charge in [0.1, 0.15) is 5.76 Å². The number of anilines is 1. The molecular weight excluding hydrogens is 414 g/mol. The number of piperidine rings is 2. The van der Waals surface area contributed by atoms with Gasteiger partial charge in [-0.15, -0.1) is 0 Å². The molecule has 0 radical (unpaired) electrons. The van der Waals surface area contributed by atoms with E-state index < -0.39 is 0 Å². The standard InChI is InChI=1S/C26H31N5O2/c1-32-22-8-11-27-24-20(6-5-7-21(22)24)18-16-23-25(28-17-18)29-26(33-23)31-14-9-19(10-15-31)30-12-3-2-4-13-30/h5-8,11,16-17,19,21,24H,2-4,9-10,12-15H2,1H3. The van der Waals surface area contributed by atoms with Crippen LogP contribution >= 0.6 is 0 Å². The fourth-order valence-corrected chi connectivity index (χ4v) is 5.70. The number of pyridine rings is 1. The average Bonchev–Trinajstić information content (AvgIpc) is 3.32. The highest BCUT2D eigenvalue weighted by Crippen LogP contribution is 2.37. The molecule has 2 unspecified atom stereocenters. The van der Waals surface area contributed by atoms with Crippen LogP contribution in [0.25, 0.3) is 16.8 Å². The minimum absolute atomic E-state index is 0.00888. The van der Waals surface area contributed by atoms with Gasteiger partial charge in [0.2, 0.25) is 5.65 Å². The second kappa shape index (κ2) is 8.78. The first-order valence-corrected chi connectivity index (χ1v) is 12.2. The van der Waals surface area contributed by atoms with Crippen molar-refractivity contribution in [3.8, 4) is 0 Å². The number of methoxy groups -OCH3 is 1. The number of oxazole rings is 1. The molecule has 2 aromatic heterocycles. The van der Waals surface area contributed by atoms with Crippen molar-refractivity contribution in [3.63, 3.8) is 0 Å². The van der Waals surface area contributed by atoms with E-state index in [1.165, 1.54) is 45.2 Å². The van der Waals surface area contributed by atoms with Crippen LogP contribution in [-0.4, -0.2) is 66.5 Å². The quantitative estimate of drug-likeness (QED) is 0.702. The van der Waals surface area contributed by atoms with Crippen LogP contribution in [-0.2, 0) is 4.74 Å². The zero-order chi connectivity index (χ0) is 22.2. The van der Waals surface area contributed by atoms with E-state index in [9.17, 15) is 0 Å². The minimum Gasteiger partial charge on any atom is -0.500 e. The van der Waals surface area contributed by atoms with E-state index in [1.807, 2.05) is 18.5 Å². The maximum Gasteiger partial charge on any atom is 0.299 e. The Labute approximate surface area is 194 Å². The molecule has 4 aliphatic rings. The third-order valence-corrected chi connectivity index (χ3v) is 7.51. The summed E-state index contributed by atoms with van der Waals surface area (Å²) in [5.74, 6) is 1.04. The summed E-state index contributed by atoms with van der Waals surface area (Å²) >= 11 is 0. The summed E-state index contributed by atoms with van der Waals surface area (Å²) in [7, 11) is 1.72. The Morgan fingerprint density at radius 1 is 1.06 bits per heavy atom. The molecule has 0 N–H and O–H groups in total. The van der Waals surface area contributed by atoms with E-state index in [4.69, 9.17) is 19.1 Å². The lowest BCUT2D eigenvalue weighted by Gasteiger charge is -2.39. The van der Waals surface area contributed by atoms with Gasteiger partial charge in [-0.05, 0) is 56.5 Å². The number of hydrogen-bond acceptors (Lipinski definition) is 7. The zero-order valence-electron chi connectivity index (χ0n) is 19.2. The number of dihydropyridines is 1. The molecule has 2 atom stereocenters. The molecule has 1 aliphatic carbocycles. The Morgan fingerprint density at radius 3 is 2.73 bits per heavy atom. The van der Waals surface area contributed by atoms with E-state index >= 15 is 0 Å². The second-order valence-electron chi connectivity index (χ2n) is 9.41. The maximum atomic E-state index is 6.22. The SMILES string of the molecule is COC1=CC=NC2C(c3cnc4nc(N5CCC(N6CCCCC6)CC5)oc4c3)=CC=CC12. The van der Waals surface area contributed by atoms with Gasteiger partial charge < -0.3 is 19.0 Å². The van der Waals surface area contributed by atoms with Gasteiger partial charge >= 0.3 is 0 Å². The molecule has 0 saturated carbocycles. The number of ether oxygens (including phenoxy) is 1. The van der Waals surface area contributed by atoms with E-state index in [-0.39, 0.29) is 12.0 Å². The fourth-order valence-electron chi connectivity index (χ4n) is 5.70. The van der Waals surface area contributed by atoms with Gasteiger partial charge in [0.25, 0.3) is 6.01 Å². The van der Waals surface area contributed by atoms with Gasteiger partial charge in [0.05, 0.1) is 19.1 Å². The lowest BCUT2D eigenvalue weighted by atomic mass is 9.83. The molecule has 0 amide bonds. The molecule has 3 aliphatic heterocycles. The Balaban J connectivity index is 1.19. The number of hydrogen-bond donors (Lipinski definition) is 0. The molecule has 7 nitrogen and oxygen atoms in total. The van der Waals surface area contributed by atoms with Gasteiger partial charge in [0, 0.05) is 37.1 Å². The molecule has 0 bridgehead atoms. The Morgan fingerprint density at radius 2 is 1.91 bits per heavy atom. The van der Waals surface area contributed by atoms with Crippen LogP contribution in [0.4, 0.5) is 6.01 Å². The average molecular weight is 446 g/mol. The van der Waals surface area contributed by atoms with Crippen molar-refractivity contribution < 1.29 is 9.15 Å². The summed E-state index contributed by atoms with van der Waals surface area (Å²) in [4.78, 5) is 19.0. The fraction of sp³-hybridized carbons (Fsp3) is 0.500. The highest BCUT2D eigenvalue weighted by atomic mass is 16.5. The maximum absolute atomic E-state index is 6.22. The van der Waals surface area contributed by atoms with E-state index in [1.54, 1.807) is 7.11 Å². The number of aromatic nitrogens is 2. The molecule has 2 saturated heterocycles. The number of rotatable bonds is 4. The summed E-state index contributed by atoms with van der Waals surface area (Å²) in [5.41, 5.74) is 3.54. The highest BCUT2D eigenvalue weighted by molar-refractivity contribution is 5.83. The third-order valence-electron chi connectivity index (χ3n) is 7.51. The number of fused-ring (bicyclic) bond motifs is 2. The summed E-state index contributed by atoms with van der Waals surface area (Å²) in [6, 6.07) is 3.45. The summed E-state index contributed by atoms with van der Waals surface area (Å²) in [6.07, 6.45) is 18.4. The molecule has 6 rings (SSSR count). The van der Waals surface area contributed by atoms with Crippen LogP contribution in [0.2, 0.25) is 0 Å². The minimum atomic E-state index is -0.00888. The molecular formula is C26H31N5O2. The Hall–Kier alpha value is -2.93. The Kier molecular flexibility index (Phi) is 5.50. The van der Waals surface area contributed by atoms with Crippen molar-refractivity contribution in [1.82, 2.24) is 14.9 Å². The molecule has 2 aromatic rings. The van der Waals surface area contributed by atoms with Gasteiger partial charge in [-0.2, -0.15) is 4.98 Å². The third kappa shape index (κ3) is 3.88. The largest absolute Gasteiger partial charge is 0.500 e. The number of nitrogens with zero attached hydrogens (tertiary/aromatic N) is 5. The normalized spacial score (nSPS) is 26.3. The summed E-state index contributed by atoms with van der Waals surface area (Å²) < 4.78 is 11.8. The van der Waals surface area contributed by atoms with Crippen molar-refractivity contribution >= 4 is 29.0 Å². The lowest BCUT2D eigenvalue weighted by Crippen LogP contribution is -2.46. The molecule has 2 fully saturated rings. The van der Waals surface area contributed by atoms with Crippen LogP contribution in [0.15, 0.2) is 51.7 Å².